The van der Waals surface area contributed by atoms with Crippen molar-refractivity contribution in [2.24, 2.45) is 0 Å². The normalized spacial score (nSPS) is 20.9. The Hall–Kier alpha value is -0.585. The van der Waals surface area contributed by atoms with Crippen LogP contribution in [-0.4, -0.2) is 34.5 Å². The smallest absolute Gasteiger partial charge is 0.399 e. The van der Waals surface area contributed by atoms with Crippen molar-refractivity contribution in [2.45, 2.75) is 57.9 Å². The molecular weight excluding hydrogens is 259 g/mol. The van der Waals surface area contributed by atoms with Crippen LogP contribution < -0.4 is 5.46 Å². The summed E-state index contributed by atoms with van der Waals surface area (Å²) in [5, 5.41) is 0.787. The minimum absolute atomic E-state index is 0.339. The van der Waals surface area contributed by atoms with Crippen LogP contribution in [0.4, 0.5) is 0 Å². The number of rotatable bonds is 2. The molecule has 0 spiro atoms. The highest BCUT2D eigenvalue weighted by molar-refractivity contribution is 7.98. The van der Waals surface area contributed by atoms with Crippen molar-refractivity contribution >= 4 is 24.3 Å². The average Bonchev–Trinajstić information content (AvgIpc) is 2.46. The maximum Gasteiger partial charge on any atom is 0.498 e. The van der Waals surface area contributed by atoms with Crippen molar-refractivity contribution in [2.75, 3.05) is 6.26 Å². The third-order valence-corrected chi connectivity index (χ3v) is 4.53. The summed E-state index contributed by atoms with van der Waals surface area (Å²) < 4.78 is 12.2. The summed E-state index contributed by atoms with van der Waals surface area (Å²) in [6, 6.07) is 0. The van der Waals surface area contributed by atoms with Gasteiger partial charge in [0.1, 0.15) is 0 Å². The molecular formula is C13H21BN2O2S. The maximum atomic E-state index is 6.08. The van der Waals surface area contributed by atoms with Crippen LogP contribution in [0.1, 0.15) is 39.1 Å². The van der Waals surface area contributed by atoms with Gasteiger partial charge in [-0.2, -0.15) is 0 Å². The zero-order valence-electron chi connectivity index (χ0n) is 12.7. The molecule has 0 aromatic carbocycles. The Morgan fingerprint density at radius 2 is 1.37 bits per heavy atom. The average molecular weight is 280 g/mol. The third-order valence-electron chi connectivity index (χ3n) is 3.98. The van der Waals surface area contributed by atoms with Gasteiger partial charge in [-0.1, -0.05) is 11.8 Å². The summed E-state index contributed by atoms with van der Waals surface area (Å²) in [5.74, 6) is 0. The number of hydrogen-bond donors (Lipinski definition) is 0. The predicted molar refractivity (Wildman–Crippen MR) is 79.0 cm³/mol. The highest BCUT2D eigenvalue weighted by Crippen LogP contribution is 2.36. The van der Waals surface area contributed by atoms with E-state index in [0.717, 1.165) is 22.0 Å². The van der Waals surface area contributed by atoms with E-state index in [1.165, 1.54) is 0 Å². The summed E-state index contributed by atoms with van der Waals surface area (Å²) in [5.41, 5.74) is 2.13. The van der Waals surface area contributed by atoms with Crippen LogP contribution in [-0.2, 0) is 9.31 Å². The van der Waals surface area contributed by atoms with E-state index in [1.54, 1.807) is 11.8 Å². The molecule has 2 heterocycles. The quantitative estimate of drug-likeness (QED) is 0.471. The lowest BCUT2D eigenvalue weighted by Gasteiger charge is -2.32. The maximum absolute atomic E-state index is 6.08. The fourth-order valence-corrected chi connectivity index (χ4v) is 2.54. The van der Waals surface area contributed by atoms with Gasteiger partial charge in [0, 0.05) is 16.9 Å². The summed E-state index contributed by atoms with van der Waals surface area (Å²) in [6.07, 6.45) is 1.97. The molecule has 4 nitrogen and oxygen atoms in total. The Bertz CT molecular complexity index is 466. The first kappa shape index (κ1) is 14.8. The van der Waals surface area contributed by atoms with E-state index in [9.17, 15) is 0 Å². The van der Waals surface area contributed by atoms with E-state index in [-0.39, 0.29) is 18.3 Å². The molecule has 0 aliphatic carbocycles. The van der Waals surface area contributed by atoms with Crippen LogP contribution >= 0.6 is 11.8 Å². The summed E-state index contributed by atoms with van der Waals surface area (Å²) in [6.45, 7) is 12.2. The van der Waals surface area contributed by atoms with Gasteiger partial charge in [-0.05, 0) is 47.8 Å². The molecule has 0 bridgehead atoms. The van der Waals surface area contributed by atoms with Gasteiger partial charge < -0.3 is 9.31 Å². The molecule has 2 rings (SSSR count). The Balaban J connectivity index is 2.40. The van der Waals surface area contributed by atoms with E-state index in [0.29, 0.717) is 0 Å². The molecule has 0 radical (unpaired) electrons. The van der Waals surface area contributed by atoms with Crippen molar-refractivity contribution in [3.8, 4) is 0 Å². The zero-order chi connectivity index (χ0) is 14.4. The number of aryl methyl sites for hydroxylation is 2. The molecule has 1 saturated heterocycles. The van der Waals surface area contributed by atoms with Crippen LogP contribution in [0, 0.1) is 13.8 Å². The van der Waals surface area contributed by atoms with Crippen molar-refractivity contribution in [3.63, 3.8) is 0 Å². The Morgan fingerprint density at radius 3 is 1.74 bits per heavy atom. The Kier molecular flexibility index (Phi) is 3.71. The van der Waals surface area contributed by atoms with E-state index < -0.39 is 0 Å². The van der Waals surface area contributed by atoms with Gasteiger partial charge in [-0.15, -0.1) is 0 Å². The fourth-order valence-electron chi connectivity index (χ4n) is 2.09. The molecule has 104 valence electrons. The second-order valence-corrected chi connectivity index (χ2v) is 6.66. The lowest BCUT2D eigenvalue weighted by molar-refractivity contribution is 0.00578. The Labute approximate surface area is 119 Å². The van der Waals surface area contributed by atoms with Crippen molar-refractivity contribution in [1.29, 1.82) is 0 Å². The first-order valence-electron chi connectivity index (χ1n) is 6.43. The molecule has 0 unspecified atom stereocenters. The highest BCUT2D eigenvalue weighted by atomic mass is 32.2. The fraction of sp³-hybridized carbons (Fsp3) is 0.692. The lowest BCUT2D eigenvalue weighted by Crippen LogP contribution is -2.41. The van der Waals surface area contributed by atoms with Gasteiger partial charge in [0.15, 0.2) is 5.16 Å². The minimum Gasteiger partial charge on any atom is -0.399 e. The van der Waals surface area contributed by atoms with Gasteiger partial charge in [-0.25, -0.2) is 9.97 Å². The summed E-state index contributed by atoms with van der Waals surface area (Å²) in [4.78, 5) is 8.97. The molecule has 1 aromatic heterocycles. The van der Waals surface area contributed by atoms with Crippen molar-refractivity contribution in [1.82, 2.24) is 9.97 Å². The summed E-state index contributed by atoms with van der Waals surface area (Å²) >= 11 is 1.54. The molecule has 0 N–H and O–H groups in total. The highest BCUT2D eigenvalue weighted by Gasteiger charge is 2.52. The van der Waals surface area contributed by atoms with Crippen LogP contribution in [0.3, 0.4) is 0 Å². The van der Waals surface area contributed by atoms with Gasteiger partial charge >= 0.3 is 7.12 Å². The lowest BCUT2D eigenvalue weighted by atomic mass is 9.77. The van der Waals surface area contributed by atoms with Gasteiger partial charge in [0.25, 0.3) is 0 Å². The Morgan fingerprint density at radius 1 is 0.947 bits per heavy atom. The van der Waals surface area contributed by atoms with E-state index in [1.807, 2.05) is 20.1 Å². The second-order valence-electron chi connectivity index (χ2n) is 5.88. The van der Waals surface area contributed by atoms with E-state index in [4.69, 9.17) is 9.31 Å². The van der Waals surface area contributed by atoms with E-state index in [2.05, 4.69) is 37.7 Å². The standard InChI is InChI=1S/C13H21BN2O2S/c1-8-10(9(2)16-11(15-8)19-7)14-17-12(3,4)13(5,6)18-14/h1-7H3. The van der Waals surface area contributed by atoms with Crippen LogP contribution in [0.2, 0.25) is 0 Å². The first-order chi connectivity index (χ1) is 8.68. The first-order valence-corrected chi connectivity index (χ1v) is 7.65. The topological polar surface area (TPSA) is 44.2 Å². The summed E-state index contributed by atoms with van der Waals surface area (Å²) in [7, 11) is -0.388. The van der Waals surface area contributed by atoms with Crippen molar-refractivity contribution < 1.29 is 9.31 Å². The molecule has 1 fully saturated rings. The molecule has 1 aromatic rings. The van der Waals surface area contributed by atoms with E-state index >= 15 is 0 Å². The van der Waals surface area contributed by atoms with Crippen LogP contribution in [0.25, 0.3) is 0 Å². The molecule has 0 atom stereocenters. The SMILES string of the molecule is CSc1nc(C)c(B2OC(C)(C)C(C)(C)O2)c(C)n1. The second kappa shape index (κ2) is 4.75. The zero-order valence-corrected chi connectivity index (χ0v) is 13.5. The minimum atomic E-state index is -0.388. The number of nitrogens with zero attached hydrogens (tertiary/aromatic N) is 2. The predicted octanol–water partition coefficient (Wildman–Crippen LogP) is 2.11. The molecule has 1 aliphatic heterocycles. The largest absolute Gasteiger partial charge is 0.498 e. The van der Waals surface area contributed by atoms with Gasteiger partial charge in [0.2, 0.25) is 0 Å². The van der Waals surface area contributed by atoms with Gasteiger partial charge in [-0.3, -0.25) is 0 Å². The molecule has 1 aliphatic rings. The van der Waals surface area contributed by atoms with Crippen molar-refractivity contribution in [3.05, 3.63) is 11.4 Å². The van der Waals surface area contributed by atoms with Crippen LogP contribution in [0.15, 0.2) is 5.16 Å². The van der Waals surface area contributed by atoms with Crippen LogP contribution in [0.5, 0.6) is 0 Å². The third kappa shape index (κ3) is 2.53. The molecule has 19 heavy (non-hydrogen) atoms. The molecule has 0 saturated carbocycles. The molecule has 0 amide bonds. The molecule has 6 heteroatoms. The van der Waals surface area contributed by atoms with Gasteiger partial charge in [0.05, 0.1) is 11.2 Å². The number of hydrogen-bond acceptors (Lipinski definition) is 5. The monoisotopic (exact) mass is 280 g/mol. The number of aromatic nitrogens is 2. The number of thioether (sulfide) groups is 1.